The molecule has 2 atom stereocenters. The lowest BCUT2D eigenvalue weighted by Gasteiger charge is -2.08. The third-order valence-corrected chi connectivity index (χ3v) is 5.64. The van der Waals surface area contributed by atoms with Gasteiger partial charge in [0.25, 0.3) is 5.91 Å². The second kappa shape index (κ2) is 8.14. The average Bonchev–Trinajstić information content (AvgIpc) is 3.32. The molecular formula is C22H26N6O2. The van der Waals surface area contributed by atoms with Gasteiger partial charge in [-0.2, -0.15) is 0 Å². The number of rotatable bonds is 5. The summed E-state index contributed by atoms with van der Waals surface area (Å²) in [5.41, 5.74) is 4.31. The minimum Gasteiger partial charge on any atom is -0.328 e. The molecule has 4 rings (SSSR count). The summed E-state index contributed by atoms with van der Waals surface area (Å²) in [6.07, 6.45) is 2.26. The molecule has 30 heavy (non-hydrogen) atoms. The van der Waals surface area contributed by atoms with Gasteiger partial charge in [0.1, 0.15) is 0 Å². The van der Waals surface area contributed by atoms with Gasteiger partial charge in [0.05, 0.1) is 11.4 Å². The Morgan fingerprint density at radius 3 is 2.17 bits per heavy atom. The third-order valence-electron chi connectivity index (χ3n) is 5.64. The van der Waals surface area contributed by atoms with E-state index in [4.69, 9.17) is 0 Å². The van der Waals surface area contributed by atoms with Crippen LogP contribution in [-0.4, -0.2) is 31.8 Å². The van der Waals surface area contributed by atoms with Crippen LogP contribution in [0.4, 0.5) is 11.9 Å². The molecule has 156 valence electrons. The molecule has 1 unspecified atom stereocenters. The Balaban J connectivity index is 1.53. The molecule has 8 heteroatoms. The van der Waals surface area contributed by atoms with E-state index in [1.807, 2.05) is 39.0 Å². The van der Waals surface area contributed by atoms with Crippen molar-refractivity contribution in [1.29, 1.82) is 0 Å². The summed E-state index contributed by atoms with van der Waals surface area (Å²) in [6.45, 7) is 5.91. The Bertz CT molecular complexity index is 1070. The maximum absolute atomic E-state index is 12.4. The molecule has 0 saturated carbocycles. The molecule has 8 nitrogen and oxygen atoms in total. The van der Waals surface area contributed by atoms with E-state index in [-0.39, 0.29) is 23.7 Å². The highest BCUT2D eigenvalue weighted by Gasteiger charge is 2.28. The molecule has 0 spiro atoms. The lowest BCUT2D eigenvalue weighted by Crippen LogP contribution is -2.20. The van der Waals surface area contributed by atoms with E-state index in [1.165, 1.54) is 0 Å². The van der Waals surface area contributed by atoms with Crippen LogP contribution in [-0.2, 0) is 17.6 Å². The molecule has 0 bridgehead atoms. The molecule has 0 aliphatic heterocycles. The van der Waals surface area contributed by atoms with Gasteiger partial charge in [-0.1, -0.05) is 39.0 Å². The number of hydrogen-bond donors (Lipinski definition) is 4. The van der Waals surface area contributed by atoms with Crippen molar-refractivity contribution in [2.75, 3.05) is 10.6 Å². The predicted octanol–water partition coefficient (Wildman–Crippen LogP) is 3.62. The molecule has 1 aliphatic rings. The van der Waals surface area contributed by atoms with Crippen LogP contribution in [0.3, 0.4) is 0 Å². The van der Waals surface area contributed by atoms with Gasteiger partial charge in [-0.15, -0.1) is 0 Å². The first-order chi connectivity index (χ1) is 14.5. The van der Waals surface area contributed by atoms with Gasteiger partial charge in [-0.3, -0.25) is 20.2 Å². The fourth-order valence-electron chi connectivity index (χ4n) is 3.64. The van der Waals surface area contributed by atoms with E-state index < -0.39 is 0 Å². The van der Waals surface area contributed by atoms with Crippen LogP contribution < -0.4 is 10.6 Å². The Kier molecular flexibility index (Phi) is 5.39. The van der Waals surface area contributed by atoms with Crippen molar-refractivity contribution in [2.24, 2.45) is 5.92 Å². The number of carbonyl (C=O) groups is 2. The van der Waals surface area contributed by atoms with E-state index in [0.717, 1.165) is 42.0 Å². The Labute approximate surface area is 174 Å². The molecular weight excluding hydrogens is 380 g/mol. The first kappa shape index (κ1) is 19.9. The van der Waals surface area contributed by atoms with Crippen molar-refractivity contribution >= 4 is 23.7 Å². The topological polar surface area (TPSA) is 116 Å². The molecule has 0 fully saturated rings. The van der Waals surface area contributed by atoms with Crippen molar-refractivity contribution in [2.45, 2.75) is 46.0 Å². The summed E-state index contributed by atoms with van der Waals surface area (Å²) in [7, 11) is 0. The van der Waals surface area contributed by atoms with Gasteiger partial charge in [0.15, 0.2) is 0 Å². The summed E-state index contributed by atoms with van der Waals surface area (Å²) in [5, 5.41) is 5.71. The number of aromatic amines is 2. The number of amides is 2. The third kappa shape index (κ3) is 3.85. The molecule has 1 aliphatic carbocycles. The first-order valence-corrected chi connectivity index (χ1v) is 10.3. The summed E-state index contributed by atoms with van der Waals surface area (Å²) in [4.78, 5) is 40.4. The number of hydrogen-bond acceptors (Lipinski definition) is 4. The Morgan fingerprint density at radius 1 is 1.03 bits per heavy atom. The fourth-order valence-corrected chi connectivity index (χ4v) is 3.64. The van der Waals surface area contributed by atoms with Crippen molar-refractivity contribution in [3.8, 4) is 0 Å². The smallest absolute Gasteiger partial charge is 0.257 e. The lowest BCUT2D eigenvalue weighted by atomic mass is 10.0. The van der Waals surface area contributed by atoms with E-state index in [0.29, 0.717) is 17.5 Å². The monoisotopic (exact) mass is 406 g/mol. The van der Waals surface area contributed by atoms with Gasteiger partial charge in [-0.05, 0) is 31.4 Å². The van der Waals surface area contributed by atoms with Gasteiger partial charge < -0.3 is 9.97 Å². The molecule has 3 aromatic rings. The zero-order valence-electron chi connectivity index (χ0n) is 17.4. The molecule has 2 heterocycles. The highest BCUT2D eigenvalue weighted by molar-refractivity contribution is 6.03. The number of nitrogens with one attached hydrogen (secondary N) is 4. The van der Waals surface area contributed by atoms with Gasteiger partial charge in [0.2, 0.25) is 17.8 Å². The summed E-state index contributed by atoms with van der Waals surface area (Å²) in [5.74, 6) is 0.532. The zero-order chi connectivity index (χ0) is 21.3. The Morgan fingerprint density at radius 2 is 1.60 bits per heavy atom. The number of anilines is 2. The lowest BCUT2D eigenvalue weighted by molar-refractivity contribution is -0.119. The largest absolute Gasteiger partial charge is 0.328 e. The molecule has 1 aromatic carbocycles. The molecule has 0 radical (unpaired) electrons. The maximum atomic E-state index is 12.4. The number of benzene rings is 1. The first-order valence-electron chi connectivity index (χ1n) is 10.3. The van der Waals surface area contributed by atoms with Crippen LogP contribution >= 0.6 is 0 Å². The highest BCUT2D eigenvalue weighted by atomic mass is 16.2. The van der Waals surface area contributed by atoms with Crippen LogP contribution in [0.5, 0.6) is 0 Å². The number of carbonyl (C=O) groups excluding carboxylic acids is 2. The second-order valence-electron chi connectivity index (χ2n) is 7.74. The average molecular weight is 406 g/mol. The molecule has 4 N–H and O–H groups in total. The standard InChI is InChI=1S/C22H26N6O2/c1-4-12(2)19(29)27-21-23-15-10-11-16-18(13(3)17(15)25-21)26-22(24-16)28-20(30)14-8-6-5-7-9-14/h5-9,12-13H,4,10-11H2,1-3H3,(H2,23,25,27,29)(H2,24,26,28,30)/t12-,13?/m1/s1. The fraction of sp³-hybridized carbons (Fsp3) is 0.364. The van der Waals surface area contributed by atoms with Crippen molar-refractivity contribution in [3.05, 3.63) is 58.7 Å². The van der Waals surface area contributed by atoms with Crippen LogP contribution in [0.1, 0.15) is 66.2 Å². The number of imidazole rings is 2. The summed E-state index contributed by atoms with van der Waals surface area (Å²) in [6, 6.07) is 9.04. The predicted molar refractivity (Wildman–Crippen MR) is 115 cm³/mol. The quantitative estimate of drug-likeness (QED) is 0.518. The van der Waals surface area contributed by atoms with Gasteiger partial charge >= 0.3 is 0 Å². The normalized spacial score (nSPS) is 16.2. The summed E-state index contributed by atoms with van der Waals surface area (Å²) < 4.78 is 0. The molecule has 2 amide bonds. The van der Waals surface area contributed by atoms with Crippen molar-refractivity contribution in [3.63, 3.8) is 0 Å². The van der Waals surface area contributed by atoms with E-state index in [2.05, 4.69) is 30.6 Å². The number of aromatic nitrogens is 4. The number of fused-ring (bicyclic) bond motifs is 2. The van der Waals surface area contributed by atoms with Crippen LogP contribution in [0.25, 0.3) is 0 Å². The summed E-state index contributed by atoms with van der Waals surface area (Å²) >= 11 is 0. The van der Waals surface area contributed by atoms with Crippen LogP contribution in [0, 0.1) is 5.92 Å². The van der Waals surface area contributed by atoms with E-state index >= 15 is 0 Å². The van der Waals surface area contributed by atoms with Crippen molar-refractivity contribution < 1.29 is 9.59 Å². The second-order valence-corrected chi connectivity index (χ2v) is 7.74. The van der Waals surface area contributed by atoms with Gasteiger partial charge in [0, 0.05) is 28.8 Å². The van der Waals surface area contributed by atoms with Crippen molar-refractivity contribution in [1.82, 2.24) is 19.9 Å². The van der Waals surface area contributed by atoms with Crippen LogP contribution in [0.2, 0.25) is 0 Å². The number of H-pyrrole nitrogens is 2. The Hall–Kier alpha value is -3.42. The number of nitrogens with zero attached hydrogens (tertiary/aromatic N) is 2. The SMILES string of the molecule is CC[C@@H](C)C(=O)Nc1nc2c([nH]1)CCc1[nH]c(NC(=O)c3ccccc3)nc1C2C. The number of aryl methyl sites for hydroxylation is 2. The highest BCUT2D eigenvalue weighted by Crippen LogP contribution is 2.33. The molecule has 2 aromatic heterocycles. The minimum atomic E-state index is -0.206. The van der Waals surface area contributed by atoms with E-state index in [9.17, 15) is 9.59 Å². The minimum absolute atomic E-state index is 0.0413. The van der Waals surface area contributed by atoms with E-state index in [1.54, 1.807) is 12.1 Å². The zero-order valence-corrected chi connectivity index (χ0v) is 17.4. The van der Waals surface area contributed by atoms with Crippen LogP contribution in [0.15, 0.2) is 30.3 Å². The molecule has 0 saturated heterocycles. The maximum Gasteiger partial charge on any atom is 0.257 e. The van der Waals surface area contributed by atoms with Gasteiger partial charge in [-0.25, -0.2) is 9.97 Å².